The lowest BCUT2D eigenvalue weighted by Gasteiger charge is -2.48. The molecule has 2 rings (SSSR count). The largest absolute Gasteiger partial charge is 0.474 e. The van der Waals surface area contributed by atoms with Gasteiger partial charge in [-0.25, -0.2) is 0 Å². The number of methoxy groups -OCH3 is 1. The third-order valence-electron chi connectivity index (χ3n) is 9.85. The summed E-state index contributed by atoms with van der Waals surface area (Å²) >= 11 is 0. The fourth-order valence-corrected chi connectivity index (χ4v) is 8.20. The highest BCUT2D eigenvalue weighted by Crippen LogP contribution is 2.73. The first-order chi connectivity index (χ1) is 21.7. The zero-order chi connectivity index (χ0) is 38.8. The van der Waals surface area contributed by atoms with E-state index in [0.29, 0.717) is 14.0 Å². The number of aliphatic hydroxyl groups is 1. The first kappa shape index (κ1) is 43.3. The van der Waals surface area contributed by atoms with Crippen LogP contribution in [0.1, 0.15) is 46.5 Å². The molecule has 0 aromatic heterocycles. The average Bonchev–Trinajstić information content (AvgIpc) is 3.35. The zero-order valence-electron chi connectivity index (χ0n) is 25.8. The van der Waals surface area contributed by atoms with Crippen molar-refractivity contribution in [3.05, 3.63) is 12.3 Å². The van der Waals surface area contributed by atoms with Crippen LogP contribution in [-0.4, -0.2) is 72.9 Å². The van der Waals surface area contributed by atoms with Gasteiger partial charge in [-0.05, 0) is 48.9 Å². The Hall–Kier alpha value is -1.84. The predicted molar refractivity (Wildman–Crippen MR) is 130 cm³/mol. The topological polar surface area (TPSA) is 47.9 Å². The van der Waals surface area contributed by atoms with E-state index in [9.17, 15) is 84.1 Å². The third-order valence-corrected chi connectivity index (χ3v) is 9.85. The minimum atomic E-state index is -6.83. The van der Waals surface area contributed by atoms with Crippen LogP contribution in [0.15, 0.2) is 12.3 Å². The molecule has 2 fully saturated rings. The lowest BCUT2D eigenvalue weighted by molar-refractivity contribution is -0.401. The van der Waals surface area contributed by atoms with Crippen molar-refractivity contribution in [1.29, 1.82) is 0 Å². The molecule has 0 heterocycles. The summed E-state index contributed by atoms with van der Waals surface area (Å²) in [6, 6.07) is 0. The van der Waals surface area contributed by atoms with Gasteiger partial charge in [-0.1, -0.05) is 33.3 Å². The van der Waals surface area contributed by atoms with Crippen LogP contribution >= 0.6 is 0 Å². The van der Waals surface area contributed by atoms with Crippen molar-refractivity contribution >= 4 is 0 Å². The van der Waals surface area contributed by atoms with Crippen LogP contribution in [0.4, 0.5) is 79.0 Å². The van der Waals surface area contributed by atoms with Gasteiger partial charge in [0.2, 0.25) is 0 Å². The second kappa shape index (κ2) is 13.3. The Kier molecular flexibility index (Phi) is 11.8. The molecule has 290 valence electrons. The first-order valence-electron chi connectivity index (χ1n) is 14.3. The number of halogens is 18. The Balaban J connectivity index is 3.21. The summed E-state index contributed by atoms with van der Waals surface area (Å²) in [5.41, 5.74) is -17.2. The van der Waals surface area contributed by atoms with E-state index in [1.807, 2.05) is 0 Å². The Morgan fingerprint density at radius 3 is 1.14 bits per heavy atom. The van der Waals surface area contributed by atoms with Crippen LogP contribution < -0.4 is 0 Å². The number of hydrogen-bond donors (Lipinski definition) is 1. The van der Waals surface area contributed by atoms with Crippen molar-refractivity contribution in [2.24, 2.45) is 41.4 Å². The summed E-state index contributed by atoms with van der Waals surface area (Å²) < 4.78 is 272. The molecule has 2 saturated carbocycles. The molecule has 0 aliphatic heterocycles. The third kappa shape index (κ3) is 6.91. The van der Waals surface area contributed by atoms with Gasteiger partial charge in [0.15, 0.2) is 0 Å². The van der Waals surface area contributed by atoms with E-state index < -0.39 is 134 Å². The zero-order valence-corrected chi connectivity index (χ0v) is 25.8. The number of allylic oxidation sites excluding steroid dienone is 1. The minimum Gasteiger partial charge on any atom is -0.474 e. The highest BCUT2D eigenvalue weighted by atomic mass is 19.4. The van der Waals surface area contributed by atoms with Crippen molar-refractivity contribution in [2.75, 3.05) is 13.9 Å². The molecule has 2 aliphatic rings. The second-order valence-electron chi connectivity index (χ2n) is 12.3. The summed E-state index contributed by atoms with van der Waals surface area (Å²) in [4.78, 5) is 0. The van der Waals surface area contributed by atoms with E-state index >= 15 is 0 Å². The van der Waals surface area contributed by atoms with Crippen LogP contribution in [0.2, 0.25) is 0 Å². The molecule has 0 aromatic rings. The SMILES string of the molecule is C=C(C)OC(CC1C(CC(OCOC)(C(F)(F)F)C(F)(F)F)C2C(CC)C(CC)C1C2C(O)(C(F)(F)F)C(F)(F)F)(C(F)(F)F)C(F)(F)F. The molecular weight excluding hydrogens is 730 g/mol. The normalized spacial score (nSPS) is 27.9. The maximum Gasteiger partial charge on any atom is 0.437 e. The summed E-state index contributed by atoms with van der Waals surface area (Å²) in [6.45, 7) is 3.36. The van der Waals surface area contributed by atoms with Crippen LogP contribution in [0.3, 0.4) is 0 Å². The van der Waals surface area contributed by atoms with Gasteiger partial charge in [0.05, 0.1) is 5.76 Å². The van der Waals surface area contributed by atoms with Gasteiger partial charge < -0.3 is 19.3 Å². The smallest absolute Gasteiger partial charge is 0.437 e. The van der Waals surface area contributed by atoms with Crippen molar-refractivity contribution in [3.8, 4) is 0 Å². The van der Waals surface area contributed by atoms with Gasteiger partial charge in [0.1, 0.15) is 6.79 Å². The van der Waals surface area contributed by atoms with E-state index in [1.165, 1.54) is 0 Å². The molecule has 2 bridgehead atoms. The molecule has 0 amide bonds. The standard InChI is InChI=1S/C27H32F18O4/c1-6-12-13(7-2)17-15(9-20(24(34,35)36,25(37,38)39)49-11(3)4)14(8-19(22(28,29)30,23(31,32)33)48-10-47-5)16(12)18(17)21(46,26(40,41)42)27(43,44)45/h12-18,46H,3,6-10H2,1-2,4-5H3. The molecule has 0 aromatic carbocycles. The van der Waals surface area contributed by atoms with Crippen LogP contribution in [0.5, 0.6) is 0 Å². The van der Waals surface area contributed by atoms with Crippen molar-refractivity contribution < 1.29 is 98.3 Å². The Morgan fingerprint density at radius 2 is 0.898 bits per heavy atom. The quantitative estimate of drug-likeness (QED) is 0.122. The molecule has 0 spiro atoms. The predicted octanol–water partition coefficient (Wildman–Crippen LogP) is 9.68. The van der Waals surface area contributed by atoms with Crippen LogP contribution in [0, 0.1) is 41.4 Å². The summed E-state index contributed by atoms with van der Waals surface area (Å²) in [7, 11) is 0.510. The second-order valence-corrected chi connectivity index (χ2v) is 12.3. The molecule has 4 nitrogen and oxygen atoms in total. The van der Waals surface area contributed by atoms with Gasteiger partial charge >= 0.3 is 37.1 Å². The molecule has 7 unspecified atom stereocenters. The number of ether oxygens (including phenoxy) is 3. The molecular formula is C27H32F18O4. The Bertz CT molecular complexity index is 1110. The summed E-state index contributed by atoms with van der Waals surface area (Å²) in [6.07, 6.45) is -47.2. The molecule has 7 atom stereocenters. The van der Waals surface area contributed by atoms with E-state index in [1.54, 1.807) is 0 Å². The van der Waals surface area contributed by atoms with E-state index in [-0.39, 0.29) is 0 Å². The van der Waals surface area contributed by atoms with Crippen LogP contribution in [-0.2, 0) is 14.2 Å². The molecule has 0 radical (unpaired) electrons. The fraction of sp³-hybridized carbons (Fsp3) is 0.926. The number of alkyl halides is 18. The Morgan fingerprint density at radius 1 is 0.571 bits per heavy atom. The van der Waals surface area contributed by atoms with Gasteiger partial charge in [-0.2, -0.15) is 79.0 Å². The minimum absolute atomic E-state index is 0.429. The lowest BCUT2D eigenvalue weighted by atomic mass is 9.61. The highest BCUT2D eigenvalue weighted by molar-refractivity contribution is 5.20. The molecule has 22 heteroatoms. The van der Waals surface area contributed by atoms with Gasteiger partial charge in [0.25, 0.3) is 16.8 Å². The number of rotatable bonds is 12. The highest BCUT2D eigenvalue weighted by Gasteiger charge is 2.84. The van der Waals surface area contributed by atoms with Gasteiger partial charge in [0, 0.05) is 19.4 Å². The fourth-order valence-electron chi connectivity index (χ4n) is 8.20. The maximum atomic E-state index is 14.5. The summed E-state index contributed by atoms with van der Waals surface area (Å²) in [5, 5.41) is 10.5. The van der Waals surface area contributed by atoms with Crippen molar-refractivity contribution in [1.82, 2.24) is 0 Å². The molecule has 1 N–H and O–H groups in total. The van der Waals surface area contributed by atoms with E-state index in [0.717, 1.165) is 13.8 Å². The molecule has 49 heavy (non-hydrogen) atoms. The average molecular weight is 763 g/mol. The molecule has 2 aliphatic carbocycles. The van der Waals surface area contributed by atoms with Crippen molar-refractivity contribution in [3.63, 3.8) is 0 Å². The number of hydrogen-bond acceptors (Lipinski definition) is 4. The molecule has 0 saturated heterocycles. The van der Waals surface area contributed by atoms with E-state index in [4.69, 9.17) is 0 Å². The maximum absolute atomic E-state index is 14.5. The monoisotopic (exact) mass is 762 g/mol. The van der Waals surface area contributed by atoms with Crippen molar-refractivity contribution in [2.45, 2.75) is 100 Å². The lowest BCUT2D eigenvalue weighted by Crippen LogP contribution is -2.63. The van der Waals surface area contributed by atoms with Gasteiger partial charge in [-0.3, -0.25) is 0 Å². The first-order valence-corrected chi connectivity index (χ1v) is 14.3. The van der Waals surface area contributed by atoms with Crippen LogP contribution in [0.25, 0.3) is 0 Å². The Labute approximate surface area is 267 Å². The number of fused-ring (bicyclic) bond motifs is 2. The van der Waals surface area contributed by atoms with E-state index in [2.05, 4.69) is 20.8 Å². The van der Waals surface area contributed by atoms with Gasteiger partial charge in [-0.15, -0.1) is 0 Å². The summed E-state index contributed by atoms with van der Waals surface area (Å²) in [5.74, 6) is -20.3.